The Bertz CT molecular complexity index is 522. The molecule has 0 bridgehead atoms. The van der Waals surface area contributed by atoms with E-state index in [1.807, 2.05) is 6.07 Å². The van der Waals surface area contributed by atoms with E-state index >= 15 is 0 Å². The lowest BCUT2D eigenvalue weighted by Gasteiger charge is -1.99. The first-order valence-electron chi connectivity index (χ1n) is 3.85. The average molecular weight is 240 g/mol. The Balaban J connectivity index is 2.50. The third kappa shape index (κ3) is 2.06. The Morgan fingerprint density at radius 1 is 1.27 bits per heavy atom. The fourth-order valence-electron chi connectivity index (χ4n) is 0.976. The zero-order valence-electron chi connectivity index (χ0n) is 7.22. The van der Waals surface area contributed by atoms with Gasteiger partial charge in [-0.3, -0.25) is 0 Å². The van der Waals surface area contributed by atoms with Crippen molar-refractivity contribution in [2.75, 3.05) is 0 Å². The van der Waals surface area contributed by atoms with Crippen LogP contribution in [-0.4, -0.2) is 19.7 Å². The number of rotatable bonds is 1. The molecule has 5 nitrogen and oxygen atoms in total. The van der Waals surface area contributed by atoms with Crippen molar-refractivity contribution in [2.45, 2.75) is 0 Å². The van der Waals surface area contributed by atoms with Gasteiger partial charge >= 0.3 is 0 Å². The molecule has 74 valence electrons. The van der Waals surface area contributed by atoms with Crippen molar-refractivity contribution in [3.8, 4) is 12.0 Å². The van der Waals surface area contributed by atoms with Gasteiger partial charge in [-0.25, -0.2) is 4.68 Å². The molecule has 0 aliphatic heterocycles. The fraction of sp³-hybridized carbons (Fsp3) is 0. The first-order chi connectivity index (χ1) is 7.19. The number of aromatic nitrogens is 4. The summed E-state index contributed by atoms with van der Waals surface area (Å²) >= 11 is 11.4. The molecule has 2 aromatic rings. The minimum Gasteiger partial charge on any atom is -0.205 e. The zero-order chi connectivity index (χ0) is 10.8. The van der Waals surface area contributed by atoms with Crippen molar-refractivity contribution in [3.63, 3.8) is 0 Å². The molecule has 2 aromatic heterocycles. The number of hydrogen-bond acceptors (Lipinski definition) is 4. The van der Waals surface area contributed by atoms with Crippen LogP contribution in [0.1, 0.15) is 5.69 Å². The van der Waals surface area contributed by atoms with Crippen LogP contribution in [0.4, 0.5) is 0 Å². The first-order valence-corrected chi connectivity index (χ1v) is 4.61. The topological polar surface area (TPSA) is 67.4 Å². The van der Waals surface area contributed by atoms with E-state index in [1.165, 1.54) is 16.8 Å². The standard InChI is InChI=1S/C8H3Cl2N5/c9-6-3-7(10)13-8(12-6)15-2-1-5(4-11)14-15/h1-3H. The lowest BCUT2D eigenvalue weighted by molar-refractivity contribution is 0.804. The highest BCUT2D eigenvalue weighted by molar-refractivity contribution is 6.33. The molecule has 0 radical (unpaired) electrons. The summed E-state index contributed by atoms with van der Waals surface area (Å²) in [6, 6.07) is 4.85. The molecule has 7 heteroatoms. The molecule has 0 spiro atoms. The molecule has 0 amide bonds. The Labute approximate surface area is 94.9 Å². The van der Waals surface area contributed by atoms with Gasteiger partial charge in [-0.1, -0.05) is 23.2 Å². The lowest BCUT2D eigenvalue weighted by atomic mass is 10.5. The van der Waals surface area contributed by atoms with E-state index in [0.717, 1.165) is 0 Å². The summed E-state index contributed by atoms with van der Waals surface area (Å²) in [5.41, 5.74) is 0.273. The third-order valence-electron chi connectivity index (χ3n) is 1.56. The molecule has 0 atom stereocenters. The number of nitrogens with zero attached hydrogens (tertiary/aromatic N) is 5. The van der Waals surface area contributed by atoms with E-state index in [-0.39, 0.29) is 21.9 Å². The molecule has 0 saturated heterocycles. The predicted octanol–water partition coefficient (Wildman–Crippen LogP) is 1.84. The Morgan fingerprint density at radius 3 is 2.47 bits per heavy atom. The summed E-state index contributed by atoms with van der Waals surface area (Å²) in [7, 11) is 0. The van der Waals surface area contributed by atoms with E-state index < -0.39 is 0 Å². The van der Waals surface area contributed by atoms with Crippen LogP contribution in [0.3, 0.4) is 0 Å². The van der Waals surface area contributed by atoms with Gasteiger partial charge in [0.15, 0.2) is 5.69 Å². The van der Waals surface area contributed by atoms with Crippen molar-refractivity contribution in [1.82, 2.24) is 19.7 Å². The normalized spacial score (nSPS) is 9.93. The molecular weight excluding hydrogens is 237 g/mol. The second-order valence-electron chi connectivity index (χ2n) is 2.57. The largest absolute Gasteiger partial charge is 0.253 e. The molecule has 2 rings (SSSR count). The molecule has 0 unspecified atom stereocenters. The average Bonchev–Trinajstić information content (AvgIpc) is 2.64. The molecule has 0 aliphatic carbocycles. The van der Waals surface area contributed by atoms with Crippen LogP contribution in [0.25, 0.3) is 5.95 Å². The minimum atomic E-state index is 0.221. The van der Waals surface area contributed by atoms with Gasteiger partial charge < -0.3 is 0 Å². The van der Waals surface area contributed by atoms with Crippen LogP contribution >= 0.6 is 23.2 Å². The van der Waals surface area contributed by atoms with Gasteiger partial charge in [0, 0.05) is 12.3 Å². The van der Waals surface area contributed by atoms with E-state index in [1.54, 1.807) is 6.20 Å². The maximum atomic E-state index is 8.59. The van der Waals surface area contributed by atoms with Gasteiger partial charge in [0.05, 0.1) is 0 Å². The summed E-state index contributed by atoms with van der Waals surface area (Å²) in [5.74, 6) is 0.231. The molecule has 0 aromatic carbocycles. The molecule has 0 N–H and O–H groups in total. The van der Waals surface area contributed by atoms with Gasteiger partial charge in [-0.05, 0) is 6.07 Å². The van der Waals surface area contributed by atoms with Crippen LogP contribution in [0.15, 0.2) is 18.3 Å². The summed E-state index contributed by atoms with van der Waals surface area (Å²) in [4.78, 5) is 7.83. The quantitative estimate of drug-likeness (QED) is 0.713. The minimum absolute atomic E-state index is 0.221. The van der Waals surface area contributed by atoms with Crippen LogP contribution in [0.5, 0.6) is 0 Å². The SMILES string of the molecule is N#Cc1ccn(-c2nc(Cl)cc(Cl)n2)n1. The molecule has 2 heterocycles. The highest BCUT2D eigenvalue weighted by Crippen LogP contribution is 2.13. The Kier molecular flexibility index (Phi) is 2.54. The predicted molar refractivity (Wildman–Crippen MR) is 53.9 cm³/mol. The second kappa shape index (κ2) is 3.85. The van der Waals surface area contributed by atoms with Gasteiger partial charge in [0.2, 0.25) is 0 Å². The number of hydrogen-bond donors (Lipinski definition) is 0. The lowest BCUT2D eigenvalue weighted by Crippen LogP contribution is -2.02. The van der Waals surface area contributed by atoms with E-state index in [4.69, 9.17) is 28.5 Å². The Hall–Kier alpha value is -1.64. The molecule has 0 aliphatic rings. The van der Waals surface area contributed by atoms with Gasteiger partial charge in [-0.2, -0.15) is 20.3 Å². The molecule has 0 fully saturated rings. The number of halogens is 2. The summed E-state index contributed by atoms with van der Waals surface area (Å²) in [5, 5.41) is 12.9. The molecule has 15 heavy (non-hydrogen) atoms. The fourth-order valence-corrected chi connectivity index (χ4v) is 1.39. The van der Waals surface area contributed by atoms with E-state index in [0.29, 0.717) is 0 Å². The van der Waals surface area contributed by atoms with Gasteiger partial charge in [-0.15, -0.1) is 0 Å². The van der Waals surface area contributed by atoms with Crippen molar-refractivity contribution < 1.29 is 0 Å². The van der Waals surface area contributed by atoms with Crippen molar-refractivity contribution in [3.05, 3.63) is 34.3 Å². The van der Waals surface area contributed by atoms with E-state index in [9.17, 15) is 0 Å². The van der Waals surface area contributed by atoms with Crippen LogP contribution < -0.4 is 0 Å². The third-order valence-corrected chi connectivity index (χ3v) is 1.95. The summed E-state index contributed by atoms with van der Waals surface area (Å²) in [6.07, 6.45) is 1.56. The van der Waals surface area contributed by atoms with Gasteiger partial charge in [0.1, 0.15) is 16.4 Å². The second-order valence-corrected chi connectivity index (χ2v) is 3.35. The first kappa shape index (κ1) is 9.90. The van der Waals surface area contributed by atoms with E-state index in [2.05, 4.69) is 15.1 Å². The number of nitriles is 1. The maximum Gasteiger partial charge on any atom is 0.253 e. The molecular formula is C8H3Cl2N5. The highest BCUT2D eigenvalue weighted by Gasteiger charge is 2.05. The summed E-state index contributed by atoms with van der Waals surface area (Å²) < 4.78 is 1.33. The maximum absolute atomic E-state index is 8.59. The summed E-state index contributed by atoms with van der Waals surface area (Å²) in [6.45, 7) is 0. The van der Waals surface area contributed by atoms with Gasteiger partial charge in [0.25, 0.3) is 5.95 Å². The molecule has 0 saturated carbocycles. The van der Waals surface area contributed by atoms with Crippen molar-refractivity contribution >= 4 is 23.2 Å². The van der Waals surface area contributed by atoms with Crippen LogP contribution in [0.2, 0.25) is 10.3 Å². The monoisotopic (exact) mass is 239 g/mol. The Morgan fingerprint density at radius 2 is 1.93 bits per heavy atom. The highest BCUT2D eigenvalue weighted by atomic mass is 35.5. The van der Waals surface area contributed by atoms with Crippen LogP contribution in [0, 0.1) is 11.3 Å². The van der Waals surface area contributed by atoms with Crippen LogP contribution in [-0.2, 0) is 0 Å². The zero-order valence-corrected chi connectivity index (χ0v) is 8.74. The van der Waals surface area contributed by atoms with Crippen molar-refractivity contribution in [2.24, 2.45) is 0 Å². The van der Waals surface area contributed by atoms with Crippen molar-refractivity contribution in [1.29, 1.82) is 5.26 Å². The smallest absolute Gasteiger partial charge is 0.205 e.